The first-order chi connectivity index (χ1) is 35.7. The predicted octanol–water partition coefficient (Wildman–Crippen LogP) is 13.7. The minimum Gasteiger partial charge on any atom is -0.394 e. The molecule has 1 heterocycles. The van der Waals surface area contributed by atoms with Gasteiger partial charge in [-0.25, -0.2) is 0 Å². The first-order valence-electron chi connectivity index (χ1n) is 31.2. The zero-order chi connectivity index (χ0) is 53.3. The molecule has 0 aromatic rings. The van der Waals surface area contributed by atoms with Gasteiger partial charge in [0.15, 0.2) is 6.29 Å². The number of hydrogen-bond donors (Lipinski definition) is 8. The quantitative estimate of drug-likeness (QED) is 0.0215. The third kappa shape index (κ3) is 39.6. The predicted molar refractivity (Wildman–Crippen MR) is 302 cm³/mol. The molecular formula is C62H119NO10. The minimum atomic E-state index is -1.67. The van der Waals surface area contributed by atoms with Gasteiger partial charge in [-0.1, -0.05) is 256 Å². The van der Waals surface area contributed by atoms with Crippen molar-refractivity contribution in [2.75, 3.05) is 13.2 Å². The van der Waals surface area contributed by atoms with E-state index in [-0.39, 0.29) is 12.8 Å². The van der Waals surface area contributed by atoms with Crippen LogP contribution in [0.2, 0.25) is 0 Å². The molecule has 0 aromatic carbocycles. The maximum Gasteiger partial charge on any atom is 0.249 e. The van der Waals surface area contributed by atoms with Crippen molar-refractivity contribution in [1.82, 2.24) is 5.32 Å². The molecule has 11 heteroatoms. The third-order valence-corrected chi connectivity index (χ3v) is 15.2. The first-order valence-corrected chi connectivity index (χ1v) is 31.2. The van der Waals surface area contributed by atoms with Crippen LogP contribution in [0.25, 0.3) is 0 Å². The summed E-state index contributed by atoms with van der Waals surface area (Å²) in [5.41, 5.74) is 0. The highest BCUT2D eigenvalue weighted by Crippen LogP contribution is 2.23. The van der Waals surface area contributed by atoms with Crippen molar-refractivity contribution in [1.29, 1.82) is 0 Å². The fourth-order valence-electron chi connectivity index (χ4n) is 10.1. The second kappa shape index (κ2) is 51.4. The Morgan fingerprint density at radius 2 is 0.808 bits per heavy atom. The van der Waals surface area contributed by atoms with Crippen LogP contribution in [-0.4, -0.2) is 110 Å². The average Bonchev–Trinajstić information content (AvgIpc) is 3.39. The van der Waals surface area contributed by atoms with E-state index in [1.54, 1.807) is 0 Å². The molecule has 1 aliphatic heterocycles. The molecule has 0 bridgehead atoms. The second-order valence-electron chi connectivity index (χ2n) is 22.1. The number of hydrogen-bond acceptors (Lipinski definition) is 10. The Labute approximate surface area is 448 Å². The van der Waals surface area contributed by atoms with Crippen LogP contribution in [0.4, 0.5) is 0 Å². The Kier molecular flexibility index (Phi) is 49.0. The summed E-state index contributed by atoms with van der Waals surface area (Å²) >= 11 is 0. The number of carbonyl (C=O) groups is 1. The smallest absolute Gasteiger partial charge is 0.249 e. The lowest BCUT2D eigenvalue weighted by molar-refractivity contribution is -0.303. The highest BCUT2D eigenvalue weighted by molar-refractivity contribution is 5.80. The Morgan fingerprint density at radius 1 is 0.466 bits per heavy atom. The van der Waals surface area contributed by atoms with E-state index in [1.165, 1.54) is 218 Å². The van der Waals surface area contributed by atoms with Gasteiger partial charge in [-0.2, -0.15) is 0 Å². The summed E-state index contributed by atoms with van der Waals surface area (Å²) in [5, 5.41) is 76.2. The normalized spacial score (nSPS) is 20.0. The van der Waals surface area contributed by atoms with Crippen LogP contribution in [0.5, 0.6) is 0 Å². The Morgan fingerprint density at radius 3 is 1.18 bits per heavy atom. The lowest BCUT2D eigenvalue weighted by Crippen LogP contribution is -2.60. The van der Waals surface area contributed by atoms with Crippen molar-refractivity contribution >= 4 is 5.91 Å². The number of aliphatic hydroxyl groups is 7. The summed E-state index contributed by atoms with van der Waals surface area (Å²) in [6.07, 6.45) is 51.1. The molecule has 1 saturated heterocycles. The van der Waals surface area contributed by atoms with E-state index in [0.29, 0.717) is 12.8 Å². The molecule has 0 radical (unpaired) electrons. The summed E-state index contributed by atoms with van der Waals surface area (Å²) in [4.78, 5) is 13.2. The molecule has 8 N–H and O–H groups in total. The summed E-state index contributed by atoms with van der Waals surface area (Å²) in [6, 6.07) is -1.18. The van der Waals surface area contributed by atoms with Gasteiger partial charge in [-0.3, -0.25) is 4.79 Å². The number of ether oxygens (including phenoxy) is 2. The van der Waals surface area contributed by atoms with Gasteiger partial charge in [0.2, 0.25) is 5.91 Å². The topological polar surface area (TPSA) is 189 Å². The van der Waals surface area contributed by atoms with Crippen LogP contribution < -0.4 is 5.32 Å². The second-order valence-corrected chi connectivity index (χ2v) is 22.1. The van der Waals surface area contributed by atoms with E-state index in [0.717, 1.165) is 38.5 Å². The summed E-state index contributed by atoms with van der Waals surface area (Å²) in [6.45, 7) is 3.47. The lowest BCUT2D eigenvalue weighted by atomic mass is 9.98. The minimum absolute atomic E-state index is 0.256. The fourth-order valence-corrected chi connectivity index (χ4v) is 10.1. The van der Waals surface area contributed by atoms with Gasteiger partial charge in [0.1, 0.15) is 36.6 Å². The molecule has 1 fully saturated rings. The molecule has 0 aromatic heterocycles. The van der Waals surface area contributed by atoms with Crippen molar-refractivity contribution in [3.8, 4) is 0 Å². The van der Waals surface area contributed by atoms with Crippen molar-refractivity contribution in [2.45, 2.75) is 351 Å². The van der Waals surface area contributed by atoms with Crippen molar-refractivity contribution < 1.29 is 50.0 Å². The summed E-state index contributed by atoms with van der Waals surface area (Å²) in [5.74, 6) is -0.702. The molecule has 1 amide bonds. The van der Waals surface area contributed by atoms with Gasteiger partial charge in [0, 0.05) is 0 Å². The van der Waals surface area contributed by atoms with E-state index in [4.69, 9.17) is 9.47 Å². The number of aliphatic hydroxyl groups excluding tert-OH is 7. The SMILES string of the molecule is CCCCCCCCCCCCCC/C=C\CCCCCCCCCCCCCCCC(O)C(=O)NC(COC1OC(CO)C(O)C(O)C1O)C(O)C(O)CCC/C=C/CCCCCCCCCCCCCC. The monoisotopic (exact) mass is 1040 g/mol. The van der Waals surface area contributed by atoms with Crippen LogP contribution >= 0.6 is 0 Å². The zero-order valence-corrected chi connectivity index (χ0v) is 47.4. The van der Waals surface area contributed by atoms with Gasteiger partial charge in [-0.15, -0.1) is 0 Å². The Bertz CT molecular complexity index is 1240. The standard InChI is InChI=1S/C62H119NO10/c1-3-5-7-9-11-13-15-17-19-21-22-23-24-25-26-27-28-29-30-31-32-34-36-38-40-42-44-46-48-50-55(66)61(71)63-53(52-72-62-60(70)59(69)58(68)56(51-64)73-62)57(67)54(65)49-47-45-43-41-39-37-35-33-20-18-16-14-12-10-8-6-4-2/h25-26,41,43,53-60,62,64-70H,3-24,27-40,42,44-52H2,1-2H3,(H,63,71)/b26-25-,43-41+. The molecular weight excluding hydrogens is 919 g/mol. The number of carbonyl (C=O) groups excluding carboxylic acids is 1. The largest absolute Gasteiger partial charge is 0.394 e. The van der Waals surface area contributed by atoms with Crippen molar-refractivity contribution in [3.63, 3.8) is 0 Å². The Balaban J connectivity index is 2.24. The molecule has 0 saturated carbocycles. The molecule has 73 heavy (non-hydrogen) atoms. The maximum absolute atomic E-state index is 13.2. The van der Waals surface area contributed by atoms with Gasteiger partial charge >= 0.3 is 0 Å². The van der Waals surface area contributed by atoms with Gasteiger partial charge < -0.3 is 50.5 Å². The summed E-state index contributed by atoms with van der Waals surface area (Å²) in [7, 11) is 0. The van der Waals surface area contributed by atoms with Gasteiger partial charge in [-0.05, 0) is 64.2 Å². The number of amides is 1. The third-order valence-electron chi connectivity index (χ3n) is 15.2. The molecule has 1 rings (SSSR count). The van der Waals surface area contributed by atoms with Gasteiger partial charge in [0.25, 0.3) is 0 Å². The number of unbranched alkanes of at least 4 members (excludes halogenated alkanes) is 38. The van der Waals surface area contributed by atoms with Gasteiger partial charge in [0.05, 0.1) is 25.4 Å². The first kappa shape index (κ1) is 69.6. The number of nitrogens with one attached hydrogen (secondary N) is 1. The lowest BCUT2D eigenvalue weighted by Gasteiger charge is -2.40. The van der Waals surface area contributed by atoms with Crippen LogP contribution in [0.3, 0.4) is 0 Å². The molecule has 0 spiro atoms. The highest BCUT2D eigenvalue weighted by atomic mass is 16.7. The fraction of sp³-hybridized carbons (Fsp3) is 0.919. The summed E-state index contributed by atoms with van der Waals surface area (Å²) < 4.78 is 11.1. The van der Waals surface area contributed by atoms with E-state index in [1.807, 2.05) is 0 Å². The molecule has 432 valence electrons. The molecule has 0 aliphatic carbocycles. The van der Waals surface area contributed by atoms with E-state index < -0.39 is 74.2 Å². The van der Waals surface area contributed by atoms with Crippen LogP contribution in [0.1, 0.15) is 296 Å². The highest BCUT2D eigenvalue weighted by Gasteiger charge is 2.44. The molecule has 11 nitrogen and oxygen atoms in total. The van der Waals surface area contributed by atoms with Crippen LogP contribution in [0, 0.1) is 0 Å². The molecule has 9 atom stereocenters. The van der Waals surface area contributed by atoms with Crippen LogP contribution in [0.15, 0.2) is 24.3 Å². The van der Waals surface area contributed by atoms with Crippen LogP contribution in [-0.2, 0) is 14.3 Å². The van der Waals surface area contributed by atoms with E-state index >= 15 is 0 Å². The maximum atomic E-state index is 13.2. The number of allylic oxidation sites excluding steroid dienone is 4. The molecule has 1 aliphatic rings. The Hall–Kier alpha value is -1.41. The zero-order valence-electron chi connectivity index (χ0n) is 47.4. The van der Waals surface area contributed by atoms with Crippen molar-refractivity contribution in [3.05, 3.63) is 24.3 Å². The van der Waals surface area contributed by atoms with Crippen molar-refractivity contribution in [2.24, 2.45) is 0 Å². The number of rotatable bonds is 54. The van der Waals surface area contributed by atoms with E-state index in [9.17, 15) is 40.5 Å². The average molecular weight is 1040 g/mol. The van der Waals surface area contributed by atoms with E-state index in [2.05, 4.69) is 43.5 Å². The molecule has 9 unspecified atom stereocenters.